The van der Waals surface area contributed by atoms with Crippen molar-refractivity contribution in [2.75, 3.05) is 5.73 Å². The summed E-state index contributed by atoms with van der Waals surface area (Å²) in [5.74, 6) is 0.0974. The number of nitrogens with two attached hydrogens (primary N) is 1. The molecule has 0 atom stereocenters. The summed E-state index contributed by atoms with van der Waals surface area (Å²) >= 11 is 5.76. The van der Waals surface area contributed by atoms with Crippen LogP contribution in [0, 0.1) is 0 Å². The molecule has 0 radical (unpaired) electrons. The summed E-state index contributed by atoms with van der Waals surface area (Å²) < 4.78 is 0. The maximum absolute atomic E-state index is 11.7. The molecule has 0 bridgehead atoms. The molecule has 15 heavy (non-hydrogen) atoms. The van der Waals surface area contributed by atoms with E-state index in [1.165, 1.54) is 0 Å². The van der Waals surface area contributed by atoms with Gasteiger partial charge in [-0.3, -0.25) is 4.79 Å². The number of nitrogen functional groups attached to an aromatic ring is 1. The average Bonchev–Trinajstić information content (AvgIpc) is 2.22. The number of ketones is 1. The first kappa shape index (κ1) is 11.8. The fourth-order valence-electron chi connectivity index (χ4n) is 1.27. The number of unbranched alkanes of at least 4 members (excludes halogenated alkanes) is 1. The molecule has 2 N–H and O–H groups in total. The molecule has 0 fully saturated rings. The molecule has 0 saturated carbocycles. The molecule has 0 saturated heterocycles. The van der Waals surface area contributed by atoms with Crippen LogP contribution >= 0.6 is 11.6 Å². The predicted octanol–water partition coefficient (Wildman–Crippen LogP) is 3.46. The smallest absolute Gasteiger partial charge is 0.162 e. The van der Waals surface area contributed by atoms with Crippen LogP contribution in [-0.2, 0) is 0 Å². The lowest BCUT2D eigenvalue weighted by Crippen LogP contribution is -2.00. The zero-order valence-corrected chi connectivity index (χ0v) is 9.26. The van der Waals surface area contributed by atoms with Gasteiger partial charge >= 0.3 is 0 Å². The van der Waals surface area contributed by atoms with Gasteiger partial charge in [0.25, 0.3) is 0 Å². The van der Waals surface area contributed by atoms with Gasteiger partial charge in [-0.05, 0) is 31.0 Å². The van der Waals surface area contributed by atoms with E-state index < -0.39 is 0 Å². The van der Waals surface area contributed by atoms with Crippen LogP contribution in [0.3, 0.4) is 0 Å². The topological polar surface area (TPSA) is 43.1 Å². The summed E-state index contributed by atoms with van der Waals surface area (Å²) in [5, 5.41) is 0.484. The molecular weight excluding hydrogens is 210 g/mol. The third kappa shape index (κ3) is 3.40. The number of anilines is 1. The number of hydrogen-bond acceptors (Lipinski definition) is 2. The van der Waals surface area contributed by atoms with Crippen LogP contribution in [0.2, 0.25) is 5.02 Å². The molecule has 0 spiro atoms. The molecule has 0 aromatic heterocycles. The van der Waals surface area contributed by atoms with Gasteiger partial charge in [-0.2, -0.15) is 0 Å². The summed E-state index contributed by atoms with van der Waals surface area (Å²) in [5.41, 5.74) is 6.69. The largest absolute Gasteiger partial charge is 0.398 e. The Balaban J connectivity index is 2.65. The van der Waals surface area contributed by atoms with E-state index in [1.807, 2.05) is 6.08 Å². The minimum Gasteiger partial charge on any atom is -0.398 e. The highest BCUT2D eigenvalue weighted by molar-refractivity contribution is 6.33. The van der Waals surface area contributed by atoms with E-state index in [-0.39, 0.29) is 5.78 Å². The van der Waals surface area contributed by atoms with E-state index in [2.05, 4.69) is 6.58 Å². The van der Waals surface area contributed by atoms with E-state index >= 15 is 0 Å². The van der Waals surface area contributed by atoms with E-state index in [4.69, 9.17) is 17.3 Å². The number of allylic oxidation sites excluding steroid dienone is 1. The standard InChI is InChI=1S/C12H14ClNO/c1-2-3-4-5-12(15)9-6-7-10(13)11(14)8-9/h2,6-8H,1,3-5,14H2. The van der Waals surface area contributed by atoms with Gasteiger partial charge in [0.05, 0.1) is 10.7 Å². The predicted molar refractivity (Wildman–Crippen MR) is 64.2 cm³/mol. The van der Waals surface area contributed by atoms with Crippen LogP contribution in [0.5, 0.6) is 0 Å². The number of hydrogen-bond donors (Lipinski definition) is 1. The number of rotatable bonds is 5. The van der Waals surface area contributed by atoms with Gasteiger partial charge < -0.3 is 5.73 Å². The third-order valence-corrected chi connectivity index (χ3v) is 2.47. The monoisotopic (exact) mass is 223 g/mol. The molecule has 0 unspecified atom stereocenters. The van der Waals surface area contributed by atoms with Gasteiger partial charge in [-0.1, -0.05) is 17.7 Å². The fourth-order valence-corrected chi connectivity index (χ4v) is 1.39. The SMILES string of the molecule is C=CCCCC(=O)c1ccc(Cl)c(N)c1. The Kier molecular flexibility index (Phi) is 4.37. The average molecular weight is 224 g/mol. The van der Waals surface area contributed by atoms with Crippen molar-refractivity contribution in [1.29, 1.82) is 0 Å². The minimum absolute atomic E-state index is 0.0974. The van der Waals surface area contributed by atoms with Gasteiger partial charge in [0.2, 0.25) is 0 Å². The second-order valence-electron chi connectivity index (χ2n) is 3.34. The fraction of sp³-hybridized carbons (Fsp3) is 0.250. The number of carbonyl (C=O) groups is 1. The number of carbonyl (C=O) groups excluding carboxylic acids is 1. The first-order valence-electron chi connectivity index (χ1n) is 4.84. The van der Waals surface area contributed by atoms with Gasteiger partial charge in [-0.15, -0.1) is 6.58 Å². The Morgan fingerprint density at radius 1 is 1.53 bits per heavy atom. The van der Waals surface area contributed by atoms with Crippen LogP contribution < -0.4 is 5.73 Å². The van der Waals surface area contributed by atoms with Crippen LogP contribution in [-0.4, -0.2) is 5.78 Å². The van der Waals surface area contributed by atoms with Crippen molar-refractivity contribution in [3.05, 3.63) is 41.4 Å². The van der Waals surface area contributed by atoms with Crippen LogP contribution in [0.25, 0.3) is 0 Å². The number of halogens is 1. The lowest BCUT2D eigenvalue weighted by molar-refractivity contribution is 0.0980. The van der Waals surface area contributed by atoms with Crippen molar-refractivity contribution in [3.8, 4) is 0 Å². The minimum atomic E-state index is 0.0974. The first-order chi connectivity index (χ1) is 7.15. The lowest BCUT2D eigenvalue weighted by Gasteiger charge is -2.02. The Bertz CT molecular complexity index is 374. The van der Waals surface area contributed by atoms with Gasteiger partial charge in [0.1, 0.15) is 0 Å². The van der Waals surface area contributed by atoms with Gasteiger partial charge in [0.15, 0.2) is 5.78 Å². The zero-order chi connectivity index (χ0) is 11.3. The highest BCUT2D eigenvalue weighted by atomic mass is 35.5. The Labute approximate surface area is 94.7 Å². The Hall–Kier alpha value is -1.28. The summed E-state index contributed by atoms with van der Waals surface area (Å²) in [7, 11) is 0. The van der Waals surface area contributed by atoms with E-state index in [0.29, 0.717) is 22.7 Å². The van der Waals surface area contributed by atoms with Crippen molar-refractivity contribution in [2.45, 2.75) is 19.3 Å². The van der Waals surface area contributed by atoms with Crippen molar-refractivity contribution in [2.24, 2.45) is 0 Å². The van der Waals surface area contributed by atoms with Crippen LogP contribution in [0.1, 0.15) is 29.6 Å². The summed E-state index contributed by atoms with van der Waals surface area (Å²) in [6.45, 7) is 3.61. The van der Waals surface area contributed by atoms with Crippen LogP contribution in [0.4, 0.5) is 5.69 Å². The molecule has 2 nitrogen and oxygen atoms in total. The molecule has 1 aromatic rings. The first-order valence-corrected chi connectivity index (χ1v) is 5.22. The van der Waals surface area contributed by atoms with Crippen molar-refractivity contribution in [3.63, 3.8) is 0 Å². The molecule has 3 heteroatoms. The van der Waals surface area contributed by atoms with Gasteiger partial charge in [-0.25, -0.2) is 0 Å². The molecular formula is C12H14ClNO. The normalized spacial score (nSPS) is 9.93. The van der Waals surface area contributed by atoms with E-state index in [0.717, 1.165) is 12.8 Å². The zero-order valence-electron chi connectivity index (χ0n) is 8.50. The number of Topliss-reactive ketones (excluding diaryl/α,β-unsaturated/α-hetero) is 1. The number of benzene rings is 1. The summed E-state index contributed by atoms with van der Waals surface area (Å²) in [6, 6.07) is 4.98. The lowest BCUT2D eigenvalue weighted by atomic mass is 10.1. The molecule has 0 heterocycles. The maximum atomic E-state index is 11.7. The van der Waals surface area contributed by atoms with Gasteiger partial charge in [0, 0.05) is 12.0 Å². The Morgan fingerprint density at radius 2 is 2.27 bits per heavy atom. The highest BCUT2D eigenvalue weighted by Gasteiger charge is 2.06. The van der Waals surface area contributed by atoms with E-state index in [1.54, 1.807) is 18.2 Å². The molecule has 1 aromatic carbocycles. The third-order valence-electron chi connectivity index (χ3n) is 2.13. The molecule has 0 aliphatic rings. The van der Waals surface area contributed by atoms with Crippen LogP contribution in [0.15, 0.2) is 30.9 Å². The second-order valence-corrected chi connectivity index (χ2v) is 3.75. The molecule has 0 aliphatic heterocycles. The molecule has 80 valence electrons. The second kappa shape index (κ2) is 5.56. The van der Waals surface area contributed by atoms with Crippen molar-refractivity contribution < 1.29 is 4.79 Å². The quantitative estimate of drug-likeness (QED) is 0.360. The molecule has 0 amide bonds. The highest BCUT2D eigenvalue weighted by Crippen LogP contribution is 2.20. The molecule has 0 aliphatic carbocycles. The summed E-state index contributed by atoms with van der Waals surface area (Å²) in [4.78, 5) is 11.7. The van der Waals surface area contributed by atoms with E-state index in [9.17, 15) is 4.79 Å². The van der Waals surface area contributed by atoms with Crippen molar-refractivity contribution >= 4 is 23.1 Å². The van der Waals surface area contributed by atoms with Crippen molar-refractivity contribution in [1.82, 2.24) is 0 Å². The summed E-state index contributed by atoms with van der Waals surface area (Å²) in [6.07, 6.45) is 4.01. The Morgan fingerprint density at radius 3 is 2.87 bits per heavy atom. The molecule has 1 rings (SSSR count). The maximum Gasteiger partial charge on any atom is 0.162 e.